The molecule has 4 unspecified atom stereocenters. The molecule has 3 heterocycles. The summed E-state index contributed by atoms with van der Waals surface area (Å²) < 4.78 is 0. The predicted molar refractivity (Wildman–Crippen MR) is 286 cm³/mol. The zero-order valence-corrected chi connectivity index (χ0v) is 44.9. The summed E-state index contributed by atoms with van der Waals surface area (Å²) in [5, 5.41) is 52.7. The second kappa shape index (κ2) is 29.1. The summed E-state index contributed by atoms with van der Waals surface area (Å²) in [6.07, 6.45) is 8.15. The number of fused-ring (bicyclic) bond motifs is 2. The first-order chi connectivity index (χ1) is 35.6. The third kappa shape index (κ3) is 18.0. The van der Waals surface area contributed by atoms with E-state index in [-0.39, 0.29) is 79.1 Å². The fraction of sp³-hybridized carbons (Fsp3) is 0.627. The summed E-state index contributed by atoms with van der Waals surface area (Å²) in [5.74, 6) is -6.77. The molecule has 24 heteroatoms. The summed E-state index contributed by atoms with van der Waals surface area (Å²) in [6, 6.07) is -1.67. The monoisotopic (exact) mass is 1080 g/mol. The van der Waals surface area contributed by atoms with E-state index in [2.05, 4.69) is 42.2 Å². The molecular formula is C51H77N11O11S2. The van der Waals surface area contributed by atoms with Crippen molar-refractivity contribution in [3.63, 3.8) is 0 Å². The Labute approximate surface area is 446 Å². The minimum absolute atomic E-state index is 0.0301. The van der Waals surface area contributed by atoms with Crippen LogP contribution in [0, 0.1) is 29.6 Å². The number of hydrogen-bond acceptors (Lipinski definition) is 16. The van der Waals surface area contributed by atoms with Gasteiger partial charge < -0.3 is 58.3 Å². The largest absolute Gasteiger partial charge is 0.508 e. The lowest BCUT2D eigenvalue weighted by Gasteiger charge is -2.35. The number of aliphatic imine (C=N–C) groups is 1. The van der Waals surface area contributed by atoms with Gasteiger partial charge in [-0.3, -0.25) is 54.0 Å². The van der Waals surface area contributed by atoms with Gasteiger partial charge in [-0.15, -0.1) is 0 Å². The van der Waals surface area contributed by atoms with Crippen LogP contribution in [-0.2, 0) is 44.8 Å². The second-order valence-corrected chi connectivity index (χ2v) is 22.9. The number of nitrogens with one attached hydrogen (secondary N) is 7. The number of allylic oxidation sites excluding steroid dienone is 2. The molecule has 414 valence electrons. The standard InChI is InChI=1S/C51H77N11O11S2/c1-6-28(4)43(50(72)57-35(44(53)66)17-18-41(52)64)61-47(69)38(22-31-23-54-34-11-8-7-10-33(31)34)58-48(70)39-26-75-74-25-29(5)51(73)62-19-9-12-40(62)49(71)59-37(21-30-13-15-32(63)16-14-30)45(67)55-24-42(65)56-36(20-27(2)3)46(68)60-39/h7-8,10-11,13-16,23,27-29,31,33-40,43,45,49,55,59,63,67,71H,6,9,12,17-22,24-26H2,1-5H3,(H2,52,64)(H2,53,66)(H,56,65)(H,57,72)(H,58,70)(H,60,68)(H,61,69)/t28?,29-,31?,33?,34?,35-,36-,37-,38-,39-,40-,43-,45+,49-/m0/s1. The summed E-state index contributed by atoms with van der Waals surface area (Å²) in [4.78, 5) is 115. The molecule has 3 aliphatic heterocycles. The van der Waals surface area contributed by atoms with Crippen LogP contribution in [0.4, 0.5) is 0 Å². The number of phenolic OH excluding ortho intramolecular Hbond substituents is 1. The number of phenols is 1. The van der Waals surface area contributed by atoms with Crippen molar-refractivity contribution < 1.29 is 53.7 Å². The zero-order valence-electron chi connectivity index (χ0n) is 43.3. The van der Waals surface area contributed by atoms with E-state index in [9.17, 15) is 53.7 Å². The molecule has 22 nitrogen and oxygen atoms in total. The van der Waals surface area contributed by atoms with Gasteiger partial charge >= 0.3 is 0 Å². The Morgan fingerprint density at radius 2 is 1.60 bits per heavy atom. The molecule has 2 fully saturated rings. The molecular weight excluding hydrogens is 1010 g/mol. The summed E-state index contributed by atoms with van der Waals surface area (Å²) in [5.41, 5.74) is 11.6. The molecule has 0 saturated carbocycles. The lowest BCUT2D eigenvalue weighted by Crippen LogP contribution is -2.61. The van der Waals surface area contributed by atoms with Crippen LogP contribution in [0.1, 0.15) is 85.1 Å². The SMILES string of the molecule is CCC(C)[C@H](NC(=O)[C@H](CC1C=NC2C=CC=CC12)NC(=O)[C@@H]1CSSC[C@H](C)C(=O)N2CCC[C@H]2[C@H](O)N[C@@H](Cc2ccc(O)cc2)[C@@H](O)NCC(=O)N[C@@H](CC(C)C)C(=O)N1)C(=O)N[C@@H](CCC(N)=O)C(N)=O. The quantitative estimate of drug-likeness (QED) is 0.0834. The van der Waals surface area contributed by atoms with Gasteiger partial charge in [0.1, 0.15) is 48.4 Å². The van der Waals surface area contributed by atoms with Gasteiger partial charge in [0.25, 0.3) is 0 Å². The molecule has 14 N–H and O–H groups in total. The van der Waals surface area contributed by atoms with E-state index in [0.717, 1.165) is 0 Å². The van der Waals surface area contributed by atoms with E-state index >= 15 is 0 Å². The molecule has 1 aromatic rings. The van der Waals surface area contributed by atoms with Crippen molar-refractivity contribution in [2.75, 3.05) is 24.6 Å². The van der Waals surface area contributed by atoms with Crippen LogP contribution < -0.4 is 48.7 Å². The molecule has 0 spiro atoms. The Balaban J connectivity index is 1.43. The zero-order chi connectivity index (χ0) is 54.9. The van der Waals surface area contributed by atoms with E-state index in [4.69, 9.17) is 11.5 Å². The van der Waals surface area contributed by atoms with Gasteiger partial charge in [-0.05, 0) is 68.1 Å². The number of primary amides is 2. The highest BCUT2D eigenvalue weighted by molar-refractivity contribution is 8.76. The molecule has 1 aromatic carbocycles. The molecule has 0 aromatic heterocycles. The highest BCUT2D eigenvalue weighted by Crippen LogP contribution is 2.32. The Morgan fingerprint density at radius 3 is 2.28 bits per heavy atom. The van der Waals surface area contributed by atoms with Crippen LogP contribution in [0.15, 0.2) is 53.6 Å². The number of aliphatic hydroxyl groups excluding tert-OH is 2. The van der Waals surface area contributed by atoms with E-state index in [0.29, 0.717) is 31.4 Å². The number of carbonyl (C=O) groups is 8. The number of nitrogens with two attached hydrogens (primary N) is 2. The maximum Gasteiger partial charge on any atom is 0.244 e. The van der Waals surface area contributed by atoms with Crippen LogP contribution >= 0.6 is 21.6 Å². The van der Waals surface area contributed by atoms with Gasteiger partial charge in [0.15, 0.2) is 0 Å². The van der Waals surface area contributed by atoms with Gasteiger partial charge in [0, 0.05) is 48.4 Å². The van der Waals surface area contributed by atoms with Gasteiger partial charge in [0.2, 0.25) is 47.3 Å². The predicted octanol–water partition coefficient (Wildman–Crippen LogP) is -0.390. The maximum absolute atomic E-state index is 14.8. The molecule has 5 rings (SSSR count). The highest BCUT2D eigenvalue weighted by Gasteiger charge is 2.40. The van der Waals surface area contributed by atoms with Crippen molar-refractivity contribution in [3.05, 3.63) is 54.1 Å². The average Bonchev–Trinajstić information content (AvgIpc) is 4.03. The van der Waals surface area contributed by atoms with Gasteiger partial charge in [-0.1, -0.05) is 99.1 Å². The van der Waals surface area contributed by atoms with Crippen molar-refractivity contribution >= 4 is 75.1 Å². The minimum Gasteiger partial charge on any atom is -0.508 e. The van der Waals surface area contributed by atoms with Crippen molar-refractivity contribution in [3.8, 4) is 5.75 Å². The van der Waals surface area contributed by atoms with Crippen LogP contribution in [0.3, 0.4) is 0 Å². The van der Waals surface area contributed by atoms with Gasteiger partial charge in [0.05, 0.1) is 24.7 Å². The third-order valence-electron chi connectivity index (χ3n) is 14.0. The van der Waals surface area contributed by atoms with Gasteiger partial charge in [-0.25, -0.2) is 0 Å². The average molecular weight is 1080 g/mol. The Bertz CT molecular complexity index is 2250. The van der Waals surface area contributed by atoms with Gasteiger partial charge in [-0.2, -0.15) is 0 Å². The van der Waals surface area contributed by atoms with Crippen molar-refractivity contribution in [1.29, 1.82) is 0 Å². The number of aromatic hydroxyl groups is 1. The first-order valence-corrected chi connectivity index (χ1v) is 28.3. The molecule has 75 heavy (non-hydrogen) atoms. The highest BCUT2D eigenvalue weighted by atomic mass is 33.1. The Kier molecular flexibility index (Phi) is 23.4. The molecule has 4 aliphatic rings. The fourth-order valence-corrected chi connectivity index (χ4v) is 12.0. The van der Waals surface area contributed by atoms with E-state index in [1.807, 2.05) is 38.2 Å². The summed E-state index contributed by atoms with van der Waals surface area (Å²) in [6.45, 7) is 8.94. The number of amides is 8. The van der Waals surface area contributed by atoms with E-state index < -0.39 is 114 Å². The van der Waals surface area contributed by atoms with Crippen molar-refractivity contribution in [2.24, 2.45) is 46.0 Å². The lowest BCUT2D eigenvalue weighted by molar-refractivity contribution is -0.138. The first kappa shape index (κ1) is 60.3. The normalized spacial score (nSPS) is 28.4. The van der Waals surface area contributed by atoms with E-state index in [1.54, 1.807) is 44.0 Å². The minimum atomic E-state index is -1.43. The number of nitrogens with zero attached hydrogens (tertiary/aromatic N) is 2. The van der Waals surface area contributed by atoms with Crippen LogP contribution in [0.2, 0.25) is 0 Å². The molecule has 0 radical (unpaired) electrons. The number of aliphatic hydroxyl groups is 2. The maximum atomic E-state index is 14.8. The molecule has 0 bridgehead atoms. The van der Waals surface area contributed by atoms with Crippen LogP contribution in [0.25, 0.3) is 0 Å². The smallest absolute Gasteiger partial charge is 0.244 e. The summed E-state index contributed by atoms with van der Waals surface area (Å²) >= 11 is 0. The number of rotatable bonds is 18. The second-order valence-electron chi connectivity index (χ2n) is 20.4. The molecule has 1 aliphatic carbocycles. The van der Waals surface area contributed by atoms with Crippen molar-refractivity contribution in [2.45, 2.75) is 147 Å². The fourth-order valence-electron chi connectivity index (χ4n) is 9.49. The van der Waals surface area contributed by atoms with Crippen LogP contribution in [0.5, 0.6) is 5.75 Å². The van der Waals surface area contributed by atoms with Crippen LogP contribution in [-0.4, -0.2) is 159 Å². The topological polar surface area (TPSA) is 349 Å². The van der Waals surface area contributed by atoms with Crippen molar-refractivity contribution in [1.82, 2.24) is 42.1 Å². The number of benzene rings is 1. The van der Waals surface area contributed by atoms with E-state index in [1.165, 1.54) is 33.7 Å². The number of carbonyl (C=O) groups excluding carboxylic acids is 8. The molecule has 14 atom stereocenters. The Hall–Kier alpha value is -5.53. The third-order valence-corrected chi connectivity index (χ3v) is 16.6. The Morgan fingerprint density at radius 1 is 0.893 bits per heavy atom. The molecule has 2 saturated heterocycles. The number of hydrogen-bond donors (Lipinski definition) is 12. The summed E-state index contributed by atoms with van der Waals surface area (Å²) in [7, 11) is 2.52. The lowest BCUT2D eigenvalue weighted by atomic mass is 9.83. The first-order valence-electron chi connectivity index (χ1n) is 25.8. The molecule has 8 amide bonds.